The van der Waals surface area contributed by atoms with Crippen molar-refractivity contribution >= 4 is 0 Å². The van der Waals surface area contributed by atoms with Crippen LogP contribution in [0.4, 0.5) is 0 Å². The summed E-state index contributed by atoms with van der Waals surface area (Å²) in [5.41, 5.74) is 4.40. The predicted octanol–water partition coefficient (Wildman–Crippen LogP) is 0.486. The second-order valence-electron chi connectivity index (χ2n) is 3.12. The molecule has 0 unspecified atom stereocenters. The molecular weight excluding hydrogens is 152 g/mol. The van der Waals surface area contributed by atoms with E-state index in [-0.39, 0.29) is 6.61 Å². The van der Waals surface area contributed by atoms with Crippen LogP contribution in [0.5, 0.6) is 0 Å². The summed E-state index contributed by atoms with van der Waals surface area (Å²) < 4.78 is 0. The summed E-state index contributed by atoms with van der Waals surface area (Å²) in [4.78, 5) is 4.32. The van der Waals surface area contributed by atoms with Crippen molar-refractivity contribution in [2.75, 3.05) is 0 Å². The molecule has 0 aromatic carbocycles. The van der Waals surface area contributed by atoms with Gasteiger partial charge in [0, 0.05) is 13.1 Å². The first-order valence-corrected chi connectivity index (χ1v) is 4.11. The van der Waals surface area contributed by atoms with E-state index in [1.54, 1.807) is 0 Å². The van der Waals surface area contributed by atoms with Crippen molar-refractivity contribution in [2.45, 2.75) is 26.6 Å². The highest BCUT2D eigenvalue weighted by atomic mass is 16.3. The van der Waals surface area contributed by atoms with Gasteiger partial charge in [-0.25, -0.2) is 0 Å². The van der Waals surface area contributed by atoms with E-state index in [4.69, 9.17) is 5.11 Å². The summed E-state index contributed by atoms with van der Waals surface area (Å²) in [6, 6.07) is 1.95. The molecule has 0 amide bonds. The molecule has 0 bridgehead atoms. The van der Waals surface area contributed by atoms with Crippen molar-refractivity contribution in [1.29, 1.82) is 0 Å². The molecule has 0 saturated carbocycles. The number of nitrogens with one attached hydrogen (secondary N) is 1. The number of fused-ring (bicyclic) bond motifs is 1. The number of aryl methyl sites for hydroxylation is 1. The van der Waals surface area contributed by atoms with E-state index in [1.807, 2.05) is 6.07 Å². The molecule has 0 atom stereocenters. The van der Waals surface area contributed by atoms with Gasteiger partial charge in [0.2, 0.25) is 0 Å². The molecule has 1 aliphatic rings. The quantitative estimate of drug-likeness (QED) is 0.634. The van der Waals surface area contributed by atoms with Gasteiger partial charge < -0.3 is 10.4 Å². The Hall–Kier alpha value is -0.930. The third-order valence-corrected chi connectivity index (χ3v) is 2.24. The van der Waals surface area contributed by atoms with Gasteiger partial charge in [-0.05, 0) is 24.1 Å². The summed E-state index contributed by atoms with van der Waals surface area (Å²) >= 11 is 0. The molecule has 12 heavy (non-hydrogen) atoms. The number of nitrogens with zero attached hydrogens (tertiary/aromatic N) is 1. The van der Waals surface area contributed by atoms with Gasteiger partial charge in [-0.1, -0.05) is 0 Å². The number of hydrogen-bond acceptors (Lipinski definition) is 3. The first-order chi connectivity index (χ1) is 5.81. The van der Waals surface area contributed by atoms with Crippen molar-refractivity contribution in [3.05, 3.63) is 28.6 Å². The van der Waals surface area contributed by atoms with Crippen LogP contribution in [0, 0.1) is 6.92 Å². The first kappa shape index (κ1) is 7.71. The van der Waals surface area contributed by atoms with Gasteiger partial charge in [0.05, 0.1) is 18.0 Å². The number of hydrogen-bond donors (Lipinski definition) is 2. The second-order valence-corrected chi connectivity index (χ2v) is 3.12. The van der Waals surface area contributed by atoms with Crippen LogP contribution < -0.4 is 5.32 Å². The molecule has 2 heterocycles. The Kier molecular flexibility index (Phi) is 1.83. The smallest absolute Gasteiger partial charge is 0.0853 e. The Morgan fingerprint density at radius 3 is 3.17 bits per heavy atom. The maximum absolute atomic E-state index is 8.91. The molecular formula is C9H12N2O. The number of pyridine rings is 1. The average molecular weight is 164 g/mol. The highest BCUT2D eigenvalue weighted by molar-refractivity contribution is 5.34. The van der Waals surface area contributed by atoms with E-state index in [0.29, 0.717) is 0 Å². The SMILES string of the molecule is Cc1cc(CO)nc2c1CNC2. The fourth-order valence-electron chi connectivity index (χ4n) is 1.61. The minimum Gasteiger partial charge on any atom is -0.390 e. The molecule has 0 radical (unpaired) electrons. The zero-order valence-electron chi connectivity index (χ0n) is 7.09. The molecule has 3 nitrogen and oxygen atoms in total. The normalized spacial score (nSPS) is 14.8. The monoisotopic (exact) mass is 164 g/mol. The molecule has 0 aliphatic carbocycles. The standard InChI is InChI=1S/C9H12N2O/c1-6-2-7(5-12)11-9-4-10-3-8(6)9/h2,10,12H,3-5H2,1H3. The van der Waals surface area contributed by atoms with Crippen molar-refractivity contribution in [3.63, 3.8) is 0 Å². The topological polar surface area (TPSA) is 45.2 Å². The molecule has 0 spiro atoms. The minimum atomic E-state index is 0.0358. The van der Waals surface area contributed by atoms with E-state index < -0.39 is 0 Å². The van der Waals surface area contributed by atoms with Crippen molar-refractivity contribution in [1.82, 2.24) is 10.3 Å². The fourth-order valence-corrected chi connectivity index (χ4v) is 1.61. The van der Waals surface area contributed by atoms with Gasteiger partial charge in [-0.3, -0.25) is 4.98 Å². The summed E-state index contributed by atoms with van der Waals surface area (Å²) in [6.45, 7) is 3.85. The Morgan fingerprint density at radius 1 is 1.58 bits per heavy atom. The van der Waals surface area contributed by atoms with Crippen molar-refractivity contribution in [3.8, 4) is 0 Å². The first-order valence-electron chi connectivity index (χ1n) is 4.11. The van der Waals surface area contributed by atoms with Crippen LogP contribution in [0.2, 0.25) is 0 Å². The largest absolute Gasteiger partial charge is 0.390 e. The predicted molar refractivity (Wildman–Crippen MR) is 45.4 cm³/mol. The maximum atomic E-state index is 8.91. The van der Waals surface area contributed by atoms with E-state index in [0.717, 1.165) is 24.5 Å². The number of rotatable bonds is 1. The molecule has 3 heteroatoms. The van der Waals surface area contributed by atoms with Crippen LogP contribution in [0.3, 0.4) is 0 Å². The van der Waals surface area contributed by atoms with E-state index in [9.17, 15) is 0 Å². The lowest BCUT2D eigenvalue weighted by Gasteiger charge is -2.04. The Morgan fingerprint density at radius 2 is 2.42 bits per heavy atom. The molecule has 0 saturated heterocycles. The average Bonchev–Trinajstić information content (AvgIpc) is 2.52. The summed E-state index contributed by atoms with van der Waals surface area (Å²) in [5, 5.41) is 12.1. The van der Waals surface area contributed by atoms with Gasteiger partial charge in [0.1, 0.15) is 0 Å². The van der Waals surface area contributed by atoms with Gasteiger partial charge in [-0.2, -0.15) is 0 Å². The zero-order valence-corrected chi connectivity index (χ0v) is 7.09. The van der Waals surface area contributed by atoms with Crippen LogP contribution in [-0.4, -0.2) is 10.1 Å². The van der Waals surface area contributed by atoms with E-state index in [2.05, 4.69) is 17.2 Å². The van der Waals surface area contributed by atoms with Gasteiger partial charge in [0.25, 0.3) is 0 Å². The molecule has 1 aliphatic heterocycles. The third-order valence-electron chi connectivity index (χ3n) is 2.24. The highest BCUT2D eigenvalue weighted by Gasteiger charge is 2.14. The molecule has 2 N–H and O–H groups in total. The third kappa shape index (κ3) is 1.11. The van der Waals surface area contributed by atoms with E-state index in [1.165, 1.54) is 11.1 Å². The fraction of sp³-hybridized carbons (Fsp3) is 0.444. The summed E-state index contributed by atoms with van der Waals surface area (Å²) in [5.74, 6) is 0. The number of aliphatic hydroxyl groups is 1. The minimum absolute atomic E-state index is 0.0358. The Balaban J connectivity index is 2.51. The van der Waals surface area contributed by atoms with Crippen molar-refractivity contribution < 1.29 is 5.11 Å². The van der Waals surface area contributed by atoms with Crippen LogP contribution in [0.25, 0.3) is 0 Å². The maximum Gasteiger partial charge on any atom is 0.0853 e. The Bertz CT molecular complexity index is 310. The number of aliphatic hydroxyl groups excluding tert-OH is 1. The molecule has 2 rings (SSSR count). The lowest BCUT2D eigenvalue weighted by molar-refractivity contribution is 0.276. The van der Waals surface area contributed by atoms with Crippen LogP contribution >= 0.6 is 0 Å². The summed E-state index contributed by atoms with van der Waals surface area (Å²) in [7, 11) is 0. The lowest BCUT2D eigenvalue weighted by atomic mass is 10.1. The van der Waals surface area contributed by atoms with Crippen LogP contribution in [-0.2, 0) is 19.7 Å². The summed E-state index contributed by atoms with van der Waals surface area (Å²) in [6.07, 6.45) is 0. The molecule has 1 aromatic heterocycles. The van der Waals surface area contributed by atoms with Gasteiger partial charge in [0.15, 0.2) is 0 Å². The van der Waals surface area contributed by atoms with Gasteiger partial charge in [-0.15, -0.1) is 0 Å². The second kappa shape index (κ2) is 2.84. The van der Waals surface area contributed by atoms with E-state index >= 15 is 0 Å². The Labute approximate surface area is 71.4 Å². The van der Waals surface area contributed by atoms with Crippen molar-refractivity contribution in [2.24, 2.45) is 0 Å². The zero-order chi connectivity index (χ0) is 8.55. The van der Waals surface area contributed by atoms with Crippen LogP contribution in [0.15, 0.2) is 6.07 Å². The highest BCUT2D eigenvalue weighted by Crippen LogP contribution is 2.18. The van der Waals surface area contributed by atoms with Gasteiger partial charge >= 0.3 is 0 Å². The molecule has 0 fully saturated rings. The van der Waals surface area contributed by atoms with Crippen LogP contribution in [0.1, 0.15) is 22.5 Å². The lowest BCUT2D eigenvalue weighted by Crippen LogP contribution is -2.00. The number of aromatic nitrogens is 1. The molecule has 64 valence electrons. The molecule has 1 aromatic rings.